The molecule has 1 saturated heterocycles. The van der Waals surface area contributed by atoms with Crippen LogP contribution in [0.2, 0.25) is 0 Å². The molecule has 0 spiro atoms. The van der Waals surface area contributed by atoms with E-state index in [1.54, 1.807) is 16.4 Å². The number of hydrogen-bond acceptors (Lipinski definition) is 4. The molecule has 0 radical (unpaired) electrons. The van der Waals surface area contributed by atoms with Gasteiger partial charge in [0.15, 0.2) is 0 Å². The predicted molar refractivity (Wildman–Crippen MR) is 100 cm³/mol. The Labute approximate surface area is 155 Å². The van der Waals surface area contributed by atoms with E-state index in [-0.39, 0.29) is 41.8 Å². The lowest BCUT2D eigenvalue weighted by molar-refractivity contribution is -0.119. The number of benzene rings is 1. The molecule has 1 aliphatic heterocycles. The van der Waals surface area contributed by atoms with Crippen molar-refractivity contribution in [1.29, 1.82) is 0 Å². The van der Waals surface area contributed by atoms with E-state index < -0.39 is 10.0 Å². The van der Waals surface area contributed by atoms with Crippen LogP contribution >= 0.6 is 0 Å². The van der Waals surface area contributed by atoms with Crippen LogP contribution < -0.4 is 10.6 Å². The Morgan fingerprint density at radius 2 is 1.69 bits per heavy atom. The van der Waals surface area contributed by atoms with E-state index in [0.717, 1.165) is 19.3 Å². The van der Waals surface area contributed by atoms with E-state index in [2.05, 4.69) is 10.6 Å². The van der Waals surface area contributed by atoms with Crippen LogP contribution in [0.5, 0.6) is 0 Å². The van der Waals surface area contributed by atoms with Gasteiger partial charge in [0, 0.05) is 37.7 Å². The third-order valence-electron chi connectivity index (χ3n) is 4.55. The Balaban J connectivity index is 2.04. The fraction of sp³-hybridized carbons (Fsp3) is 0.556. The second kappa shape index (κ2) is 8.64. The number of carbonyl (C=O) groups excluding carboxylic acids is 2. The maximum absolute atomic E-state index is 12.9. The summed E-state index contributed by atoms with van der Waals surface area (Å²) in [6, 6.07) is 6.18. The highest BCUT2D eigenvalue weighted by molar-refractivity contribution is 7.89. The minimum absolute atomic E-state index is 0.0168. The highest BCUT2D eigenvalue weighted by Crippen LogP contribution is 2.29. The number of nitrogens with one attached hydrogen (secondary N) is 2. The molecule has 8 heteroatoms. The molecule has 2 rings (SSSR count). The van der Waals surface area contributed by atoms with Crippen molar-refractivity contribution in [1.82, 2.24) is 9.62 Å². The number of piperidine rings is 1. The van der Waals surface area contributed by atoms with E-state index in [1.165, 1.54) is 19.1 Å². The summed E-state index contributed by atoms with van der Waals surface area (Å²) in [6.45, 7) is 5.53. The predicted octanol–water partition coefficient (Wildman–Crippen LogP) is 2.10. The van der Waals surface area contributed by atoms with Crippen molar-refractivity contribution >= 4 is 27.5 Å². The fourth-order valence-electron chi connectivity index (χ4n) is 3.28. The minimum atomic E-state index is -3.56. The molecule has 0 bridgehead atoms. The zero-order chi connectivity index (χ0) is 19.3. The van der Waals surface area contributed by atoms with E-state index in [0.29, 0.717) is 5.69 Å². The molecule has 7 nitrogen and oxygen atoms in total. The van der Waals surface area contributed by atoms with Gasteiger partial charge in [0.25, 0.3) is 0 Å². The van der Waals surface area contributed by atoms with E-state index in [1.807, 2.05) is 13.8 Å². The summed E-state index contributed by atoms with van der Waals surface area (Å²) in [4.78, 5) is 22.8. The monoisotopic (exact) mass is 381 g/mol. The third kappa shape index (κ3) is 5.04. The number of anilines is 1. The molecule has 1 aromatic rings. The maximum Gasteiger partial charge on any atom is 0.243 e. The Morgan fingerprint density at radius 1 is 1.12 bits per heavy atom. The van der Waals surface area contributed by atoms with Gasteiger partial charge in [-0.2, -0.15) is 4.31 Å². The fourth-order valence-corrected chi connectivity index (χ4v) is 5.16. The van der Waals surface area contributed by atoms with Gasteiger partial charge >= 0.3 is 0 Å². The SMILES string of the molecule is CC(=O)NCCC(=O)Nc1ccc(S(=O)(=O)N2[C@H](C)CCC[C@@H]2C)cc1. The van der Waals surface area contributed by atoms with Crippen molar-refractivity contribution < 1.29 is 18.0 Å². The average molecular weight is 381 g/mol. The second-order valence-corrected chi connectivity index (χ2v) is 8.61. The van der Waals surface area contributed by atoms with E-state index >= 15 is 0 Å². The minimum Gasteiger partial charge on any atom is -0.356 e. The number of hydrogen-bond donors (Lipinski definition) is 2. The number of amides is 2. The molecule has 1 aromatic carbocycles. The maximum atomic E-state index is 12.9. The summed E-state index contributed by atoms with van der Waals surface area (Å²) in [5.74, 6) is -0.429. The molecule has 144 valence electrons. The lowest BCUT2D eigenvalue weighted by Gasteiger charge is -2.37. The van der Waals surface area contributed by atoms with Gasteiger partial charge < -0.3 is 10.6 Å². The molecular formula is C18H27N3O4S. The molecular weight excluding hydrogens is 354 g/mol. The summed E-state index contributed by atoms with van der Waals surface area (Å²) in [5.41, 5.74) is 0.525. The first-order valence-corrected chi connectivity index (χ1v) is 10.3. The second-order valence-electron chi connectivity index (χ2n) is 6.77. The van der Waals surface area contributed by atoms with Gasteiger partial charge in [-0.25, -0.2) is 8.42 Å². The van der Waals surface area contributed by atoms with Gasteiger partial charge in [-0.3, -0.25) is 9.59 Å². The Hall–Kier alpha value is -1.93. The number of rotatable bonds is 6. The smallest absolute Gasteiger partial charge is 0.243 e. The van der Waals surface area contributed by atoms with E-state index in [4.69, 9.17) is 0 Å². The Morgan fingerprint density at radius 3 is 2.23 bits per heavy atom. The standard InChI is InChI=1S/C18H27N3O4S/c1-13-5-4-6-14(2)21(13)26(24,25)17-9-7-16(8-10-17)20-18(23)11-12-19-15(3)22/h7-10,13-14H,4-6,11-12H2,1-3H3,(H,19,22)(H,20,23)/t13-,14+. The summed E-state index contributed by atoms with van der Waals surface area (Å²) in [6.07, 6.45) is 2.93. The first kappa shape index (κ1) is 20.4. The molecule has 0 saturated carbocycles. The van der Waals surface area contributed by atoms with Crippen LogP contribution in [0.1, 0.15) is 46.5 Å². The van der Waals surface area contributed by atoms with Crippen LogP contribution in [0.4, 0.5) is 5.69 Å². The van der Waals surface area contributed by atoms with Crippen molar-refractivity contribution in [2.24, 2.45) is 0 Å². The van der Waals surface area contributed by atoms with Crippen LogP contribution in [0.15, 0.2) is 29.2 Å². The topological polar surface area (TPSA) is 95.6 Å². The van der Waals surface area contributed by atoms with Gasteiger partial charge in [-0.1, -0.05) is 6.42 Å². The van der Waals surface area contributed by atoms with Crippen molar-refractivity contribution in [3.8, 4) is 0 Å². The number of carbonyl (C=O) groups is 2. The summed E-state index contributed by atoms with van der Waals surface area (Å²) < 4.78 is 27.5. The molecule has 1 heterocycles. The summed E-state index contributed by atoms with van der Waals surface area (Å²) in [7, 11) is -3.56. The normalized spacial score (nSPS) is 21.2. The molecule has 0 aliphatic carbocycles. The third-order valence-corrected chi connectivity index (χ3v) is 6.69. The average Bonchev–Trinajstić information content (AvgIpc) is 2.54. The van der Waals surface area contributed by atoms with Crippen LogP contribution in [0.25, 0.3) is 0 Å². The lowest BCUT2D eigenvalue weighted by atomic mass is 10.0. The highest BCUT2D eigenvalue weighted by atomic mass is 32.2. The zero-order valence-electron chi connectivity index (χ0n) is 15.5. The van der Waals surface area contributed by atoms with E-state index in [9.17, 15) is 18.0 Å². The first-order valence-electron chi connectivity index (χ1n) is 8.89. The largest absolute Gasteiger partial charge is 0.356 e. The zero-order valence-corrected chi connectivity index (χ0v) is 16.3. The van der Waals surface area contributed by atoms with Crippen molar-refractivity contribution in [2.45, 2.75) is 63.4 Å². The highest BCUT2D eigenvalue weighted by Gasteiger charge is 2.35. The molecule has 26 heavy (non-hydrogen) atoms. The van der Waals surface area contributed by atoms with Crippen molar-refractivity contribution in [3.63, 3.8) is 0 Å². The molecule has 0 unspecified atom stereocenters. The quantitative estimate of drug-likeness (QED) is 0.789. The lowest BCUT2D eigenvalue weighted by Crippen LogP contribution is -2.47. The Bertz CT molecular complexity index is 736. The van der Waals surface area contributed by atoms with Gasteiger partial charge in [-0.05, 0) is 51.0 Å². The molecule has 2 atom stereocenters. The molecule has 1 aliphatic rings. The summed E-state index contributed by atoms with van der Waals surface area (Å²) >= 11 is 0. The molecule has 2 amide bonds. The summed E-state index contributed by atoms with van der Waals surface area (Å²) in [5, 5.41) is 5.24. The van der Waals surface area contributed by atoms with Gasteiger partial charge in [0.2, 0.25) is 21.8 Å². The Kier molecular flexibility index (Phi) is 6.77. The van der Waals surface area contributed by atoms with Crippen LogP contribution in [0, 0.1) is 0 Å². The van der Waals surface area contributed by atoms with Gasteiger partial charge in [0.05, 0.1) is 4.90 Å². The molecule has 2 N–H and O–H groups in total. The van der Waals surface area contributed by atoms with Crippen LogP contribution in [0.3, 0.4) is 0 Å². The van der Waals surface area contributed by atoms with Gasteiger partial charge in [-0.15, -0.1) is 0 Å². The first-order chi connectivity index (χ1) is 12.2. The molecule has 0 aromatic heterocycles. The van der Waals surface area contributed by atoms with Crippen molar-refractivity contribution in [2.75, 3.05) is 11.9 Å². The number of sulfonamides is 1. The van der Waals surface area contributed by atoms with Crippen molar-refractivity contribution in [3.05, 3.63) is 24.3 Å². The molecule has 1 fully saturated rings. The number of nitrogens with zero attached hydrogens (tertiary/aromatic N) is 1. The van der Waals surface area contributed by atoms with Crippen LogP contribution in [-0.2, 0) is 19.6 Å². The van der Waals surface area contributed by atoms with Gasteiger partial charge in [0.1, 0.15) is 0 Å². The van der Waals surface area contributed by atoms with Crippen LogP contribution in [-0.4, -0.2) is 43.2 Å².